The molecule has 0 atom stereocenters. The zero-order valence-corrected chi connectivity index (χ0v) is 37.3. The van der Waals surface area contributed by atoms with Crippen molar-refractivity contribution in [3.63, 3.8) is 0 Å². The van der Waals surface area contributed by atoms with Crippen molar-refractivity contribution >= 4 is 65.4 Å². The highest BCUT2D eigenvalue weighted by molar-refractivity contribution is 6.14. The molecule has 14 aromatic rings. The second-order valence-electron chi connectivity index (χ2n) is 17.6. The fraction of sp³-hybridized carbons (Fsp3) is 0. The molecule has 0 saturated carbocycles. The molecule has 6 nitrogen and oxygen atoms in total. The molecule has 0 aliphatic heterocycles. The molecule has 0 aliphatic carbocycles. The average molecular weight is 881 g/mol. The summed E-state index contributed by atoms with van der Waals surface area (Å²) in [5.74, 6) is 1.90. The van der Waals surface area contributed by atoms with Crippen molar-refractivity contribution < 1.29 is 0 Å². The van der Waals surface area contributed by atoms with Crippen molar-refractivity contribution in [2.45, 2.75) is 0 Å². The number of fused-ring (bicyclic) bond motifs is 9. The van der Waals surface area contributed by atoms with E-state index < -0.39 is 0 Å². The molecule has 14 rings (SSSR count). The minimum absolute atomic E-state index is 0.626. The molecule has 0 saturated heterocycles. The Hall–Kier alpha value is -9.39. The molecule has 0 amide bonds. The molecule has 322 valence electrons. The Morgan fingerprint density at radius 1 is 0.203 bits per heavy atom. The highest BCUT2D eigenvalue weighted by atomic mass is 15.0. The topological polar surface area (TPSA) is 53.5 Å². The standard InChI is InChI=1S/C63H40N6/c1-5-17-41(18-6-1)61-64-62(42-19-7-2-8-20-42)66-63(65-61)45-31-35-59-53(39-45)54-40-48(32-36-60(54)68(59)47-23-11-4-12-24-47)69-56-28-16-14-26-50(56)52-38-44(30-34-58(52)69)43-29-33-57-51(37-43)49-25-13-15-27-55(49)67(57)46-21-9-3-10-22-46/h1-40H. The fourth-order valence-electron chi connectivity index (χ4n) is 10.5. The maximum Gasteiger partial charge on any atom is 0.164 e. The summed E-state index contributed by atoms with van der Waals surface area (Å²) >= 11 is 0. The quantitative estimate of drug-likeness (QED) is 0.160. The Morgan fingerprint density at radius 2 is 0.522 bits per heavy atom. The molecule has 0 N–H and O–H groups in total. The van der Waals surface area contributed by atoms with Gasteiger partial charge in [0.25, 0.3) is 0 Å². The van der Waals surface area contributed by atoms with Gasteiger partial charge in [-0.25, -0.2) is 15.0 Å². The lowest BCUT2D eigenvalue weighted by Crippen LogP contribution is -2.00. The van der Waals surface area contributed by atoms with E-state index in [1.165, 1.54) is 43.7 Å². The first-order valence-corrected chi connectivity index (χ1v) is 23.4. The Kier molecular flexibility index (Phi) is 8.79. The van der Waals surface area contributed by atoms with E-state index in [0.717, 1.165) is 66.6 Å². The molecule has 4 aromatic heterocycles. The largest absolute Gasteiger partial charge is 0.309 e. The first kappa shape index (κ1) is 38.8. The van der Waals surface area contributed by atoms with E-state index >= 15 is 0 Å². The Balaban J connectivity index is 0.943. The van der Waals surface area contributed by atoms with E-state index in [9.17, 15) is 0 Å². The smallest absolute Gasteiger partial charge is 0.164 e. The second kappa shape index (κ2) is 15.6. The van der Waals surface area contributed by atoms with Gasteiger partial charge in [-0.1, -0.05) is 146 Å². The highest BCUT2D eigenvalue weighted by Crippen LogP contribution is 2.41. The molecule has 69 heavy (non-hydrogen) atoms. The fourth-order valence-corrected chi connectivity index (χ4v) is 10.5. The number of hydrogen-bond acceptors (Lipinski definition) is 3. The Labute approximate surface area is 397 Å². The third kappa shape index (κ3) is 6.30. The first-order valence-electron chi connectivity index (χ1n) is 23.4. The van der Waals surface area contributed by atoms with E-state index in [1.54, 1.807) is 0 Å². The van der Waals surface area contributed by atoms with Crippen LogP contribution in [0.25, 0.3) is 128 Å². The van der Waals surface area contributed by atoms with Gasteiger partial charge in [-0.05, 0) is 108 Å². The van der Waals surface area contributed by atoms with E-state index in [2.05, 4.69) is 196 Å². The predicted octanol–water partition coefficient (Wildman–Crippen LogP) is 15.8. The van der Waals surface area contributed by atoms with Crippen LogP contribution < -0.4 is 0 Å². The second-order valence-corrected chi connectivity index (χ2v) is 17.6. The zero-order valence-electron chi connectivity index (χ0n) is 37.3. The highest BCUT2D eigenvalue weighted by Gasteiger charge is 2.20. The van der Waals surface area contributed by atoms with Crippen molar-refractivity contribution in [2.24, 2.45) is 0 Å². The molecular weight excluding hydrogens is 841 g/mol. The number of nitrogens with zero attached hydrogens (tertiary/aromatic N) is 6. The molecule has 10 aromatic carbocycles. The van der Waals surface area contributed by atoms with Crippen LogP contribution in [-0.4, -0.2) is 28.7 Å². The Morgan fingerprint density at radius 3 is 1.00 bits per heavy atom. The third-order valence-corrected chi connectivity index (χ3v) is 13.7. The number of rotatable bonds is 7. The van der Waals surface area contributed by atoms with Crippen LogP contribution in [-0.2, 0) is 0 Å². The van der Waals surface area contributed by atoms with Crippen LogP contribution in [0, 0.1) is 0 Å². The maximum atomic E-state index is 5.11. The lowest BCUT2D eigenvalue weighted by molar-refractivity contribution is 1.07. The van der Waals surface area contributed by atoms with Crippen LogP contribution >= 0.6 is 0 Å². The molecule has 0 fully saturated rings. The van der Waals surface area contributed by atoms with Gasteiger partial charge >= 0.3 is 0 Å². The number of para-hydroxylation sites is 4. The zero-order chi connectivity index (χ0) is 45.4. The van der Waals surface area contributed by atoms with Crippen molar-refractivity contribution in [2.75, 3.05) is 0 Å². The summed E-state index contributed by atoms with van der Waals surface area (Å²) in [6.45, 7) is 0. The molecule has 4 heterocycles. The van der Waals surface area contributed by atoms with E-state index in [4.69, 9.17) is 15.0 Å². The summed E-state index contributed by atoms with van der Waals surface area (Å²) in [7, 11) is 0. The van der Waals surface area contributed by atoms with Crippen LogP contribution in [0.2, 0.25) is 0 Å². The summed E-state index contributed by atoms with van der Waals surface area (Å²) in [5.41, 5.74) is 15.5. The minimum atomic E-state index is 0.626. The molecule has 0 unspecified atom stereocenters. The molecule has 0 bridgehead atoms. The summed E-state index contributed by atoms with van der Waals surface area (Å²) < 4.78 is 7.16. The average Bonchev–Trinajstić information content (AvgIpc) is 4.06. The monoisotopic (exact) mass is 880 g/mol. The van der Waals surface area contributed by atoms with Crippen LogP contribution in [0.1, 0.15) is 0 Å². The van der Waals surface area contributed by atoms with Crippen LogP contribution in [0.3, 0.4) is 0 Å². The summed E-state index contributed by atoms with van der Waals surface area (Å²) in [4.78, 5) is 15.2. The summed E-state index contributed by atoms with van der Waals surface area (Å²) in [6.07, 6.45) is 0. The van der Waals surface area contributed by atoms with E-state index in [1.807, 2.05) is 60.7 Å². The van der Waals surface area contributed by atoms with Gasteiger partial charge in [0.05, 0.1) is 33.1 Å². The van der Waals surface area contributed by atoms with Crippen molar-refractivity contribution in [3.05, 3.63) is 243 Å². The Bertz CT molecular complexity index is 4230. The van der Waals surface area contributed by atoms with E-state index in [0.29, 0.717) is 17.5 Å². The number of benzene rings is 10. The van der Waals surface area contributed by atoms with Gasteiger partial charge in [-0.2, -0.15) is 0 Å². The lowest BCUT2D eigenvalue weighted by Gasteiger charge is -2.11. The molecule has 6 heteroatoms. The van der Waals surface area contributed by atoms with E-state index in [-0.39, 0.29) is 0 Å². The maximum absolute atomic E-state index is 5.11. The number of aromatic nitrogens is 6. The lowest BCUT2D eigenvalue weighted by atomic mass is 10.0. The number of hydrogen-bond donors (Lipinski definition) is 0. The van der Waals surface area contributed by atoms with Crippen LogP contribution in [0.4, 0.5) is 0 Å². The van der Waals surface area contributed by atoms with Gasteiger partial charge in [0, 0.05) is 66.1 Å². The van der Waals surface area contributed by atoms with Crippen LogP contribution in [0.15, 0.2) is 243 Å². The van der Waals surface area contributed by atoms with Gasteiger partial charge in [-0.3, -0.25) is 0 Å². The van der Waals surface area contributed by atoms with Gasteiger partial charge < -0.3 is 13.7 Å². The van der Waals surface area contributed by atoms with Gasteiger partial charge in [0.15, 0.2) is 17.5 Å². The summed E-state index contributed by atoms with van der Waals surface area (Å²) in [6, 6.07) is 86.5. The third-order valence-electron chi connectivity index (χ3n) is 13.7. The molecule has 0 radical (unpaired) electrons. The predicted molar refractivity (Wildman–Crippen MR) is 285 cm³/mol. The van der Waals surface area contributed by atoms with Gasteiger partial charge in [0.2, 0.25) is 0 Å². The SMILES string of the molecule is c1ccc(-c2nc(-c3ccccc3)nc(-c3ccc4c(c3)c3cc(-n5c6ccccc6c6cc(-c7ccc8c(c7)c7ccccc7n8-c7ccccc7)ccc65)ccc3n4-c3ccccc3)n2)cc1. The van der Waals surface area contributed by atoms with Crippen molar-refractivity contribution in [3.8, 4) is 62.4 Å². The summed E-state index contributed by atoms with van der Waals surface area (Å²) in [5, 5.41) is 7.16. The normalized spacial score (nSPS) is 11.8. The van der Waals surface area contributed by atoms with Gasteiger partial charge in [-0.15, -0.1) is 0 Å². The van der Waals surface area contributed by atoms with Gasteiger partial charge in [0.1, 0.15) is 0 Å². The van der Waals surface area contributed by atoms with Crippen LogP contribution in [0.5, 0.6) is 0 Å². The molecule has 0 spiro atoms. The molecule has 0 aliphatic rings. The first-order chi connectivity index (χ1) is 34.2. The molecular formula is C63H40N6. The van der Waals surface area contributed by atoms with Crippen molar-refractivity contribution in [1.82, 2.24) is 28.7 Å². The minimum Gasteiger partial charge on any atom is -0.309 e. The van der Waals surface area contributed by atoms with Crippen molar-refractivity contribution in [1.29, 1.82) is 0 Å².